The van der Waals surface area contributed by atoms with Crippen LogP contribution in [0.1, 0.15) is 6.92 Å². The standard InChI is InChI=1S/C9H11BrN2O4S/c1-6(13)11-12-17(14,15)7-3-4-9(16-2)8(10)5-7/h3-5,12H,1-2H3,(H,11,13). The SMILES string of the molecule is COc1ccc(S(=O)(=O)NNC(C)=O)cc1Br. The molecule has 0 fully saturated rings. The number of ether oxygens (including phenoxy) is 1. The molecule has 0 bridgehead atoms. The van der Waals surface area contributed by atoms with Crippen LogP contribution >= 0.6 is 15.9 Å². The molecule has 0 aliphatic heterocycles. The first-order valence-corrected chi connectivity index (χ1v) is 6.76. The van der Waals surface area contributed by atoms with Crippen molar-refractivity contribution < 1.29 is 17.9 Å². The summed E-state index contributed by atoms with van der Waals surface area (Å²) in [6.45, 7) is 1.20. The minimum absolute atomic E-state index is 0.0129. The number of hydrogen-bond donors (Lipinski definition) is 2. The minimum Gasteiger partial charge on any atom is -0.496 e. The van der Waals surface area contributed by atoms with Crippen LogP contribution in [0.4, 0.5) is 0 Å². The molecule has 17 heavy (non-hydrogen) atoms. The third-order valence-electron chi connectivity index (χ3n) is 1.79. The molecule has 1 amide bonds. The molecule has 0 aliphatic rings. The zero-order valence-corrected chi connectivity index (χ0v) is 11.6. The average molecular weight is 323 g/mol. The van der Waals surface area contributed by atoms with E-state index in [1.165, 1.54) is 32.2 Å². The average Bonchev–Trinajstić information content (AvgIpc) is 2.26. The number of carbonyl (C=O) groups is 1. The predicted molar refractivity (Wildman–Crippen MR) is 64.8 cm³/mol. The largest absolute Gasteiger partial charge is 0.496 e. The van der Waals surface area contributed by atoms with Crippen LogP contribution in [0.15, 0.2) is 27.6 Å². The Labute approximate surface area is 107 Å². The highest BCUT2D eigenvalue weighted by atomic mass is 79.9. The van der Waals surface area contributed by atoms with Crippen LogP contribution in [0.5, 0.6) is 5.75 Å². The van der Waals surface area contributed by atoms with E-state index in [4.69, 9.17) is 4.74 Å². The molecular weight excluding hydrogens is 312 g/mol. The van der Waals surface area contributed by atoms with Crippen molar-refractivity contribution in [2.45, 2.75) is 11.8 Å². The van der Waals surface area contributed by atoms with Gasteiger partial charge in [-0.3, -0.25) is 10.2 Å². The van der Waals surface area contributed by atoms with Crippen LogP contribution in [-0.4, -0.2) is 21.4 Å². The first-order valence-electron chi connectivity index (χ1n) is 4.49. The Hall–Kier alpha value is -1.12. The van der Waals surface area contributed by atoms with Crippen molar-refractivity contribution in [2.24, 2.45) is 0 Å². The van der Waals surface area contributed by atoms with E-state index in [2.05, 4.69) is 15.9 Å². The monoisotopic (exact) mass is 322 g/mol. The maximum Gasteiger partial charge on any atom is 0.257 e. The summed E-state index contributed by atoms with van der Waals surface area (Å²) in [7, 11) is -2.29. The fourth-order valence-electron chi connectivity index (χ4n) is 1.01. The lowest BCUT2D eigenvalue weighted by Gasteiger charge is -2.08. The molecule has 0 heterocycles. The van der Waals surface area contributed by atoms with Gasteiger partial charge >= 0.3 is 0 Å². The lowest BCUT2D eigenvalue weighted by molar-refractivity contribution is -0.119. The number of methoxy groups -OCH3 is 1. The van der Waals surface area contributed by atoms with Crippen LogP contribution in [-0.2, 0) is 14.8 Å². The molecule has 6 nitrogen and oxygen atoms in total. The Bertz CT molecular complexity index is 530. The molecule has 0 unspecified atom stereocenters. The first kappa shape index (κ1) is 13.9. The maximum atomic E-state index is 11.7. The van der Waals surface area contributed by atoms with E-state index in [-0.39, 0.29) is 4.90 Å². The number of nitrogens with one attached hydrogen (secondary N) is 2. The number of hydrazine groups is 1. The van der Waals surface area contributed by atoms with E-state index in [9.17, 15) is 13.2 Å². The van der Waals surface area contributed by atoms with Gasteiger partial charge in [-0.1, -0.05) is 0 Å². The molecule has 0 aliphatic carbocycles. The second kappa shape index (κ2) is 5.48. The van der Waals surface area contributed by atoms with Gasteiger partial charge in [-0.25, -0.2) is 8.42 Å². The molecular formula is C9H11BrN2O4S. The van der Waals surface area contributed by atoms with E-state index in [1.54, 1.807) is 0 Å². The van der Waals surface area contributed by atoms with Crippen LogP contribution in [0.3, 0.4) is 0 Å². The van der Waals surface area contributed by atoms with E-state index >= 15 is 0 Å². The lowest BCUT2D eigenvalue weighted by Crippen LogP contribution is -2.40. The van der Waals surface area contributed by atoms with Crippen molar-refractivity contribution in [3.8, 4) is 5.75 Å². The van der Waals surface area contributed by atoms with Gasteiger partial charge in [-0.15, -0.1) is 4.83 Å². The highest BCUT2D eigenvalue weighted by Crippen LogP contribution is 2.27. The van der Waals surface area contributed by atoms with Gasteiger partial charge in [0.2, 0.25) is 5.91 Å². The number of carbonyl (C=O) groups excluding carboxylic acids is 1. The number of amides is 1. The summed E-state index contributed by atoms with van der Waals surface area (Å²) in [6, 6.07) is 4.25. The smallest absolute Gasteiger partial charge is 0.257 e. The van der Waals surface area contributed by atoms with Crippen molar-refractivity contribution in [1.82, 2.24) is 10.3 Å². The third-order valence-corrected chi connectivity index (χ3v) is 3.66. The number of halogens is 1. The van der Waals surface area contributed by atoms with Crippen molar-refractivity contribution in [3.05, 3.63) is 22.7 Å². The summed E-state index contributed by atoms with van der Waals surface area (Å²) in [6.07, 6.45) is 0. The molecule has 0 saturated heterocycles. The molecule has 1 rings (SSSR count). The Morgan fingerprint density at radius 2 is 2.06 bits per heavy atom. The molecule has 1 aromatic rings. The van der Waals surface area contributed by atoms with Gasteiger partial charge in [0.15, 0.2) is 0 Å². The zero-order valence-electron chi connectivity index (χ0n) is 9.15. The van der Waals surface area contributed by atoms with Gasteiger partial charge in [-0.05, 0) is 34.1 Å². The molecule has 0 aromatic heterocycles. The quantitative estimate of drug-likeness (QED) is 0.802. The van der Waals surface area contributed by atoms with Gasteiger partial charge in [-0.2, -0.15) is 0 Å². The molecule has 0 radical (unpaired) electrons. The normalized spacial score (nSPS) is 11.0. The van der Waals surface area contributed by atoms with Crippen LogP contribution in [0, 0.1) is 0 Å². The Morgan fingerprint density at radius 1 is 1.41 bits per heavy atom. The molecule has 0 spiro atoms. The summed E-state index contributed by atoms with van der Waals surface area (Å²) >= 11 is 3.18. The summed E-state index contributed by atoms with van der Waals surface area (Å²) in [5.74, 6) is 0.0182. The zero-order chi connectivity index (χ0) is 13.1. The molecule has 8 heteroatoms. The van der Waals surface area contributed by atoms with Gasteiger partial charge < -0.3 is 4.74 Å². The molecule has 2 N–H and O–H groups in total. The van der Waals surface area contributed by atoms with Crippen molar-refractivity contribution >= 4 is 31.9 Å². The van der Waals surface area contributed by atoms with E-state index in [0.717, 1.165) is 0 Å². The van der Waals surface area contributed by atoms with Crippen molar-refractivity contribution in [3.63, 3.8) is 0 Å². The summed E-state index contributed by atoms with van der Waals surface area (Å²) < 4.78 is 28.9. The summed E-state index contributed by atoms with van der Waals surface area (Å²) in [5, 5.41) is 0. The third kappa shape index (κ3) is 3.69. The predicted octanol–water partition coefficient (Wildman–Crippen LogP) is 0.787. The first-order chi connectivity index (χ1) is 7.86. The minimum atomic E-state index is -3.77. The highest BCUT2D eigenvalue weighted by molar-refractivity contribution is 9.10. The lowest BCUT2D eigenvalue weighted by atomic mass is 10.3. The molecule has 1 aromatic carbocycles. The van der Waals surface area contributed by atoms with Gasteiger partial charge in [0, 0.05) is 6.92 Å². The molecule has 94 valence electrons. The van der Waals surface area contributed by atoms with Crippen LogP contribution < -0.4 is 15.0 Å². The van der Waals surface area contributed by atoms with E-state index in [1.807, 2.05) is 10.3 Å². The Balaban J connectivity index is 2.99. The Morgan fingerprint density at radius 3 is 2.53 bits per heavy atom. The summed E-state index contributed by atoms with van der Waals surface area (Å²) in [5.41, 5.74) is 2.01. The second-order valence-corrected chi connectivity index (χ2v) is 5.62. The number of hydrogen-bond acceptors (Lipinski definition) is 4. The highest BCUT2D eigenvalue weighted by Gasteiger charge is 2.15. The van der Waals surface area contributed by atoms with Crippen LogP contribution in [0.25, 0.3) is 0 Å². The Kier molecular flexibility index (Phi) is 4.49. The van der Waals surface area contributed by atoms with Gasteiger partial charge in [0.25, 0.3) is 10.0 Å². The number of benzene rings is 1. The van der Waals surface area contributed by atoms with E-state index < -0.39 is 15.9 Å². The van der Waals surface area contributed by atoms with Crippen molar-refractivity contribution in [2.75, 3.05) is 7.11 Å². The second-order valence-electron chi connectivity index (χ2n) is 3.08. The number of sulfonamides is 1. The van der Waals surface area contributed by atoms with Gasteiger partial charge in [0.1, 0.15) is 5.75 Å². The van der Waals surface area contributed by atoms with Crippen LogP contribution in [0.2, 0.25) is 0 Å². The number of rotatable bonds is 4. The maximum absolute atomic E-state index is 11.7. The van der Waals surface area contributed by atoms with Crippen molar-refractivity contribution in [1.29, 1.82) is 0 Å². The molecule has 0 atom stereocenters. The summed E-state index contributed by atoms with van der Waals surface area (Å²) in [4.78, 5) is 12.6. The fraction of sp³-hybridized carbons (Fsp3) is 0.222. The topological polar surface area (TPSA) is 84.5 Å². The molecule has 0 saturated carbocycles. The van der Waals surface area contributed by atoms with Gasteiger partial charge in [0.05, 0.1) is 16.5 Å². The van der Waals surface area contributed by atoms with E-state index in [0.29, 0.717) is 10.2 Å². The fourth-order valence-corrected chi connectivity index (χ4v) is 2.62.